The van der Waals surface area contributed by atoms with Gasteiger partial charge in [-0.2, -0.15) is 5.10 Å². The molecule has 0 atom stereocenters. The number of benzene rings is 2. The first-order chi connectivity index (χ1) is 11.7. The molecule has 1 saturated heterocycles. The van der Waals surface area contributed by atoms with E-state index >= 15 is 0 Å². The number of para-hydroxylation sites is 1. The number of hydrogen-bond acceptors (Lipinski definition) is 5. The van der Waals surface area contributed by atoms with Gasteiger partial charge in [-0.05, 0) is 37.5 Å². The van der Waals surface area contributed by atoms with Crippen LogP contribution in [0.3, 0.4) is 0 Å². The summed E-state index contributed by atoms with van der Waals surface area (Å²) in [5, 5.41) is 15.6. The van der Waals surface area contributed by atoms with E-state index in [9.17, 15) is 10.1 Å². The Hall–Kier alpha value is -2.89. The summed E-state index contributed by atoms with van der Waals surface area (Å²) >= 11 is 0. The van der Waals surface area contributed by atoms with Crippen LogP contribution in [0.2, 0.25) is 0 Å². The number of nitro groups is 1. The number of rotatable bonds is 5. The third-order valence-corrected chi connectivity index (χ3v) is 4.07. The van der Waals surface area contributed by atoms with Crippen molar-refractivity contribution in [3.63, 3.8) is 0 Å². The van der Waals surface area contributed by atoms with Crippen LogP contribution in [0, 0.1) is 10.1 Å². The van der Waals surface area contributed by atoms with Crippen molar-refractivity contribution in [1.82, 2.24) is 0 Å². The van der Waals surface area contributed by atoms with Gasteiger partial charge in [-0.15, -0.1) is 0 Å². The second-order valence-corrected chi connectivity index (χ2v) is 5.79. The molecule has 2 aromatic carbocycles. The van der Waals surface area contributed by atoms with E-state index in [1.54, 1.807) is 12.3 Å². The number of anilines is 2. The van der Waals surface area contributed by atoms with Crippen LogP contribution in [0.5, 0.6) is 0 Å². The predicted molar refractivity (Wildman–Crippen MR) is 96.8 cm³/mol. The van der Waals surface area contributed by atoms with Gasteiger partial charge >= 0.3 is 0 Å². The fraction of sp³-hybridized carbons (Fsp3) is 0.278. The Morgan fingerprint density at radius 3 is 2.54 bits per heavy atom. The molecule has 1 aliphatic heterocycles. The van der Waals surface area contributed by atoms with Crippen molar-refractivity contribution in [2.45, 2.75) is 19.3 Å². The Morgan fingerprint density at radius 2 is 1.83 bits per heavy atom. The Morgan fingerprint density at radius 1 is 1.08 bits per heavy atom. The highest BCUT2D eigenvalue weighted by Gasteiger charge is 2.21. The van der Waals surface area contributed by atoms with Crippen LogP contribution in [0.4, 0.5) is 17.1 Å². The Labute approximate surface area is 141 Å². The van der Waals surface area contributed by atoms with Gasteiger partial charge in [0.05, 0.1) is 16.8 Å². The second-order valence-electron chi connectivity index (χ2n) is 5.79. The minimum Gasteiger partial charge on any atom is -0.366 e. The lowest BCUT2D eigenvalue weighted by molar-refractivity contribution is -0.384. The van der Waals surface area contributed by atoms with Crippen molar-refractivity contribution < 1.29 is 4.92 Å². The predicted octanol–water partition coefficient (Wildman–Crippen LogP) is 4.03. The van der Waals surface area contributed by atoms with Gasteiger partial charge in [-0.3, -0.25) is 15.5 Å². The minimum atomic E-state index is -0.314. The van der Waals surface area contributed by atoms with E-state index in [4.69, 9.17) is 0 Å². The van der Waals surface area contributed by atoms with Crippen LogP contribution < -0.4 is 10.3 Å². The molecule has 0 aromatic heterocycles. The molecule has 0 amide bonds. The van der Waals surface area contributed by atoms with Crippen molar-refractivity contribution in [3.05, 3.63) is 64.2 Å². The van der Waals surface area contributed by atoms with Gasteiger partial charge in [0, 0.05) is 24.7 Å². The molecule has 6 heteroatoms. The minimum absolute atomic E-state index is 0.139. The number of nitro benzene ring substituents is 1. The van der Waals surface area contributed by atoms with Gasteiger partial charge in [0.25, 0.3) is 5.69 Å². The lowest BCUT2D eigenvalue weighted by atomic mass is 10.1. The normalized spacial score (nSPS) is 14.8. The van der Waals surface area contributed by atoms with Gasteiger partial charge in [0.2, 0.25) is 0 Å². The van der Waals surface area contributed by atoms with Crippen LogP contribution in [0.1, 0.15) is 24.8 Å². The summed E-state index contributed by atoms with van der Waals surface area (Å²) in [5.41, 5.74) is 5.32. The van der Waals surface area contributed by atoms with E-state index in [2.05, 4.69) is 15.4 Å². The monoisotopic (exact) mass is 324 g/mol. The number of piperidine rings is 1. The quantitative estimate of drug-likeness (QED) is 0.512. The third kappa shape index (κ3) is 3.90. The molecule has 0 spiro atoms. The van der Waals surface area contributed by atoms with E-state index in [0.717, 1.165) is 31.6 Å². The number of nitrogens with zero attached hydrogens (tertiary/aromatic N) is 3. The lowest BCUT2D eigenvalue weighted by Gasteiger charge is -2.28. The number of nitrogens with one attached hydrogen (secondary N) is 1. The molecule has 1 heterocycles. The van der Waals surface area contributed by atoms with Crippen molar-refractivity contribution in [2.24, 2.45) is 5.10 Å². The highest BCUT2D eigenvalue weighted by molar-refractivity contribution is 5.83. The fourth-order valence-electron chi connectivity index (χ4n) is 2.86. The summed E-state index contributed by atoms with van der Waals surface area (Å²) in [6.07, 6.45) is 4.96. The SMILES string of the molecule is O=[N+]([O-])c1cc(C=NNc2ccccc2)ccc1N1CCCCC1. The summed E-state index contributed by atoms with van der Waals surface area (Å²) in [5.74, 6) is 0. The highest BCUT2D eigenvalue weighted by Crippen LogP contribution is 2.30. The fourth-order valence-corrected chi connectivity index (χ4v) is 2.86. The first kappa shape index (κ1) is 16.0. The van der Waals surface area contributed by atoms with Gasteiger partial charge in [0.1, 0.15) is 5.69 Å². The summed E-state index contributed by atoms with van der Waals surface area (Å²) in [7, 11) is 0. The molecule has 0 bridgehead atoms. The summed E-state index contributed by atoms with van der Waals surface area (Å²) in [4.78, 5) is 13.2. The van der Waals surface area contributed by atoms with Crippen LogP contribution in [-0.2, 0) is 0 Å². The molecule has 124 valence electrons. The average molecular weight is 324 g/mol. The van der Waals surface area contributed by atoms with Crippen molar-refractivity contribution in [3.8, 4) is 0 Å². The Bertz CT molecular complexity index is 725. The molecule has 1 aliphatic rings. The first-order valence-electron chi connectivity index (χ1n) is 8.11. The van der Waals surface area contributed by atoms with Crippen molar-refractivity contribution in [1.29, 1.82) is 0 Å². The largest absolute Gasteiger partial charge is 0.366 e. The molecule has 1 fully saturated rings. The molecule has 0 aliphatic carbocycles. The molecule has 1 N–H and O–H groups in total. The van der Waals surface area contributed by atoms with E-state index < -0.39 is 0 Å². The molecule has 0 unspecified atom stereocenters. The zero-order chi connectivity index (χ0) is 16.8. The summed E-state index contributed by atoms with van der Waals surface area (Å²) in [6, 6.07) is 14.8. The average Bonchev–Trinajstić information content (AvgIpc) is 2.63. The van der Waals surface area contributed by atoms with Crippen LogP contribution >= 0.6 is 0 Å². The lowest BCUT2D eigenvalue weighted by Crippen LogP contribution is -2.29. The van der Waals surface area contributed by atoms with E-state index in [1.807, 2.05) is 42.5 Å². The van der Waals surface area contributed by atoms with Gasteiger partial charge in [0.15, 0.2) is 0 Å². The van der Waals surface area contributed by atoms with Gasteiger partial charge in [-0.25, -0.2) is 0 Å². The van der Waals surface area contributed by atoms with Crippen molar-refractivity contribution >= 4 is 23.3 Å². The van der Waals surface area contributed by atoms with E-state index in [-0.39, 0.29) is 10.6 Å². The molecule has 2 aromatic rings. The maximum Gasteiger partial charge on any atom is 0.293 e. The maximum absolute atomic E-state index is 11.4. The third-order valence-electron chi connectivity index (χ3n) is 4.07. The van der Waals surface area contributed by atoms with Crippen LogP contribution in [0.25, 0.3) is 0 Å². The summed E-state index contributed by atoms with van der Waals surface area (Å²) < 4.78 is 0. The second kappa shape index (κ2) is 7.59. The first-order valence-corrected chi connectivity index (χ1v) is 8.11. The van der Waals surface area contributed by atoms with Gasteiger partial charge in [-0.1, -0.05) is 24.3 Å². The highest BCUT2D eigenvalue weighted by atomic mass is 16.6. The smallest absolute Gasteiger partial charge is 0.293 e. The molecular weight excluding hydrogens is 304 g/mol. The van der Waals surface area contributed by atoms with E-state index in [1.165, 1.54) is 6.42 Å². The zero-order valence-electron chi connectivity index (χ0n) is 13.4. The molecule has 0 radical (unpaired) electrons. The number of hydrazone groups is 1. The van der Waals surface area contributed by atoms with E-state index in [0.29, 0.717) is 11.3 Å². The summed E-state index contributed by atoms with van der Waals surface area (Å²) in [6.45, 7) is 1.76. The molecular formula is C18H20N4O2. The standard InChI is InChI=1S/C18H20N4O2/c23-22(24)18-13-15(14-19-20-16-7-3-1-4-8-16)9-10-17(18)21-11-5-2-6-12-21/h1,3-4,7-10,13-14,20H,2,5-6,11-12H2. The molecule has 0 saturated carbocycles. The molecule has 24 heavy (non-hydrogen) atoms. The Kier molecular flexibility index (Phi) is 5.05. The zero-order valence-corrected chi connectivity index (χ0v) is 13.4. The maximum atomic E-state index is 11.4. The number of hydrogen-bond donors (Lipinski definition) is 1. The van der Waals surface area contributed by atoms with Gasteiger partial charge < -0.3 is 4.90 Å². The van der Waals surface area contributed by atoms with Crippen LogP contribution in [-0.4, -0.2) is 24.2 Å². The molecule has 6 nitrogen and oxygen atoms in total. The topological polar surface area (TPSA) is 70.8 Å². The van der Waals surface area contributed by atoms with Crippen molar-refractivity contribution in [2.75, 3.05) is 23.4 Å². The van der Waals surface area contributed by atoms with Crippen LogP contribution in [0.15, 0.2) is 53.6 Å². The molecule has 3 rings (SSSR count). The Balaban J connectivity index is 1.77.